The molecule has 0 unspecified atom stereocenters. The highest BCUT2D eigenvalue weighted by atomic mass is 35.5. The van der Waals surface area contributed by atoms with E-state index >= 15 is 0 Å². The van der Waals surface area contributed by atoms with Gasteiger partial charge in [0.25, 0.3) is 5.69 Å². The lowest BCUT2D eigenvalue weighted by Crippen LogP contribution is -2.21. The highest BCUT2D eigenvalue weighted by Crippen LogP contribution is 2.26. The number of ether oxygens (including phenoxy) is 1. The van der Waals surface area contributed by atoms with Crippen LogP contribution in [0.1, 0.15) is 11.1 Å². The number of nitrogens with zero attached hydrogens (tertiary/aromatic N) is 1. The Kier molecular flexibility index (Phi) is 7.90. The summed E-state index contributed by atoms with van der Waals surface area (Å²) in [6.45, 7) is 2.56. The van der Waals surface area contributed by atoms with Gasteiger partial charge in [-0.15, -0.1) is 0 Å². The lowest BCUT2D eigenvalue weighted by molar-refractivity contribution is -0.384. The van der Waals surface area contributed by atoms with Crippen LogP contribution in [0.5, 0.6) is 5.75 Å². The van der Waals surface area contributed by atoms with Crippen molar-refractivity contribution in [2.75, 3.05) is 18.4 Å². The summed E-state index contributed by atoms with van der Waals surface area (Å²) in [5, 5.41) is 18.3. The van der Waals surface area contributed by atoms with Crippen molar-refractivity contribution in [3.05, 3.63) is 98.0 Å². The first-order valence-corrected chi connectivity index (χ1v) is 10.1. The molecule has 30 heavy (non-hydrogen) atoms. The Morgan fingerprint density at radius 1 is 0.900 bits per heavy atom. The van der Waals surface area contributed by atoms with Crippen LogP contribution >= 0.6 is 23.2 Å². The van der Waals surface area contributed by atoms with Crippen LogP contribution in [0.25, 0.3) is 0 Å². The number of hydrogen-bond donors (Lipinski definition) is 2. The van der Waals surface area contributed by atoms with Crippen LogP contribution in [-0.2, 0) is 13.2 Å². The molecular formula is C22H21Cl2N3O3. The fourth-order valence-corrected chi connectivity index (χ4v) is 3.10. The van der Waals surface area contributed by atoms with Crippen LogP contribution in [0.2, 0.25) is 10.0 Å². The van der Waals surface area contributed by atoms with Crippen molar-refractivity contribution >= 4 is 34.6 Å². The summed E-state index contributed by atoms with van der Waals surface area (Å²) in [4.78, 5) is 10.3. The van der Waals surface area contributed by atoms with Gasteiger partial charge in [0.05, 0.1) is 15.6 Å². The number of nitrogens with one attached hydrogen (secondary N) is 2. The van der Waals surface area contributed by atoms with Crippen molar-refractivity contribution in [3.63, 3.8) is 0 Å². The number of rotatable bonds is 10. The van der Waals surface area contributed by atoms with E-state index in [1.807, 2.05) is 48.5 Å². The Hall–Kier alpha value is -2.80. The van der Waals surface area contributed by atoms with E-state index in [9.17, 15) is 10.1 Å². The summed E-state index contributed by atoms with van der Waals surface area (Å²) in [6, 6.07) is 19.9. The summed E-state index contributed by atoms with van der Waals surface area (Å²) in [5.41, 5.74) is 2.85. The number of anilines is 1. The molecule has 3 aromatic carbocycles. The molecule has 6 nitrogen and oxygen atoms in total. The summed E-state index contributed by atoms with van der Waals surface area (Å²) >= 11 is 11.9. The van der Waals surface area contributed by atoms with Gasteiger partial charge in [0.15, 0.2) is 0 Å². The summed E-state index contributed by atoms with van der Waals surface area (Å²) in [5.74, 6) is 0.808. The Bertz CT molecular complexity index is 980. The minimum Gasteiger partial charge on any atom is -0.489 e. The van der Waals surface area contributed by atoms with Crippen LogP contribution in [0, 0.1) is 10.1 Å². The second kappa shape index (κ2) is 10.8. The molecule has 8 heteroatoms. The third-order valence-corrected chi connectivity index (χ3v) is 4.92. The van der Waals surface area contributed by atoms with Crippen LogP contribution in [-0.4, -0.2) is 18.0 Å². The van der Waals surface area contributed by atoms with Crippen molar-refractivity contribution in [1.82, 2.24) is 5.32 Å². The molecule has 0 heterocycles. The van der Waals surface area contributed by atoms with Gasteiger partial charge in [0, 0.05) is 36.8 Å². The summed E-state index contributed by atoms with van der Waals surface area (Å²) < 4.78 is 5.79. The fraction of sp³-hybridized carbons (Fsp3) is 0.182. The van der Waals surface area contributed by atoms with Gasteiger partial charge in [-0.05, 0) is 41.5 Å². The Labute approximate surface area is 184 Å². The fourth-order valence-electron chi connectivity index (χ4n) is 2.73. The molecule has 156 valence electrons. The summed E-state index contributed by atoms with van der Waals surface area (Å²) in [7, 11) is 0. The number of benzene rings is 3. The van der Waals surface area contributed by atoms with Gasteiger partial charge < -0.3 is 15.4 Å². The number of nitro benzene ring substituents is 1. The average molecular weight is 446 g/mol. The van der Waals surface area contributed by atoms with Gasteiger partial charge in [-0.25, -0.2) is 0 Å². The predicted molar refractivity (Wildman–Crippen MR) is 121 cm³/mol. The zero-order valence-electron chi connectivity index (χ0n) is 16.1. The van der Waals surface area contributed by atoms with E-state index in [1.54, 1.807) is 6.07 Å². The van der Waals surface area contributed by atoms with E-state index in [-0.39, 0.29) is 5.69 Å². The monoisotopic (exact) mass is 445 g/mol. The van der Waals surface area contributed by atoms with Gasteiger partial charge in [-0.3, -0.25) is 10.1 Å². The highest BCUT2D eigenvalue weighted by Gasteiger charge is 2.08. The second-order valence-electron chi connectivity index (χ2n) is 6.58. The molecule has 0 aliphatic rings. The maximum absolute atomic E-state index is 10.7. The predicted octanol–water partition coefficient (Wildman–Crippen LogP) is 5.68. The number of non-ortho nitro benzene ring substituents is 1. The number of hydrogen-bond acceptors (Lipinski definition) is 5. The first-order valence-electron chi connectivity index (χ1n) is 9.36. The number of nitro groups is 1. The van der Waals surface area contributed by atoms with Crippen molar-refractivity contribution < 1.29 is 9.66 Å². The molecule has 0 saturated carbocycles. The molecule has 0 saturated heterocycles. The minimum absolute atomic E-state index is 0.0238. The maximum Gasteiger partial charge on any atom is 0.271 e. The average Bonchev–Trinajstić information content (AvgIpc) is 2.75. The smallest absolute Gasteiger partial charge is 0.271 e. The Morgan fingerprint density at radius 3 is 2.27 bits per heavy atom. The van der Waals surface area contributed by atoms with Crippen molar-refractivity contribution in [2.24, 2.45) is 0 Å². The Morgan fingerprint density at radius 2 is 1.60 bits per heavy atom. The van der Waals surface area contributed by atoms with Crippen molar-refractivity contribution in [3.8, 4) is 5.75 Å². The molecule has 3 rings (SSSR count). The largest absolute Gasteiger partial charge is 0.489 e. The molecule has 0 amide bonds. The lowest BCUT2D eigenvalue weighted by atomic mass is 10.2. The normalized spacial score (nSPS) is 10.6. The van der Waals surface area contributed by atoms with E-state index < -0.39 is 4.92 Å². The van der Waals surface area contributed by atoms with Crippen LogP contribution in [0.4, 0.5) is 11.4 Å². The zero-order chi connectivity index (χ0) is 21.3. The molecule has 3 aromatic rings. The standard InChI is InChI=1S/C22H21Cl2N3O3/c23-18-5-1-17(2-6-18)15-30-20-8-3-16(4-9-20)14-25-11-12-26-22-10-7-19(27(28)29)13-21(22)24/h1-10,13,25-26H,11-12,14-15H2. The SMILES string of the molecule is O=[N+]([O-])c1ccc(NCCNCc2ccc(OCc3ccc(Cl)cc3)cc2)c(Cl)c1. The van der Waals surface area contributed by atoms with E-state index in [0.29, 0.717) is 42.0 Å². The Balaban J connectivity index is 1.37. The van der Waals surface area contributed by atoms with Gasteiger partial charge in [-0.2, -0.15) is 0 Å². The zero-order valence-corrected chi connectivity index (χ0v) is 17.6. The van der Waals surface area contributed by atoms with Crippen molar-refractivity contribution in [2.45, 2.75) is 13.2 Å². The lowest BCUT2D eigenvalue weighted by Gasteiger charge is -2.10. The van der Waals surface area contributed by atoms with Gasteiger partial charge in [0.1, 0.15) is 12.4 Å². The molecule has 2 N–H and O–H groups in total. The summed E-state index contributed by atoms with van der Waals surface area (Å²) in [6.07, 6.45) is 0. The van der Waals surface area contributed by atoms with E-state index in [4.69, 9.17) is 27.9 Å². The van der Waals surface area contributed by atoms with Gasteiger partial charge >= 0.3 is 0 Å². The van der Waals surface area contributed by atoms with Crippen molar-refractivity contribution in [1.29, 1.82) is 0 Å². The molecule has 0 aliphatic carbocycles. The topological polar surface area (TPSA) is 76.4 Å². The molecule has 0 atom stereocenters. The molecule has 0 aliphatic heterocycles. The molecule has 0 radical (unpaired) electrons. The van der Waals surface area contributed by atoms with E-state index in [0.717, 1.165) is 16.9 Å². The van der Waals surface area contributed by atoms with E-state index in [1.165, 1.54) is 12.1 Å². The third kappa shape index (κ3) is 6.62. The highest BCUT2D eigenvalue weighted by molar-refractivity contribution is 6.33. The minimum atomic E-state index is -0.467. The molecule has 0 spiro atoms. The first kappa shape index (κ1) is 21.9. The van der Waals surface area contributed by atoms with Gasteiger partial charge in [0.2, 0.25) is 0 Å². The van der Waals surface area contributed by atoms with Crippen LogP contribution in [0.3, 0.4) is 0 Å². The van der Waals surface area contributed by atoms with Gasteiger partial charge in [-0.1, -0.05) is 47.5 Å². The molecular weight excluding hydrogens is 425 g/mol. The third-order valence-electron chi connectivity index (χ3n) is 4.35. The molecule has 0 fully saturated rings. The van der Waals surface area contributed by atoms with Crippen LogP contribution < -0.4 is 15.4 Å². The molecule has 0 aromatic heterocycles. The maximum atomic E-state index is 10.7. The second-order valence-corrected chi connectivity index (χ2v) is 7.43. The quantitative estimate of drug-likeness (QED) is 0.238. The van der Waals surface area contributed by atoms with Crippen LogP contribution in [0.15, 0.2) is 66.7 Å². The number of halogens is 2. The van der Waals surface area contributed by atoms with E-state index in [2.05, 4.69) is 10.6 Å². The first-order chi connectivity index (χ1) is 14.5. The molecule has 0 bridgehead atoms.